The van der Waals surface area contributed by atoms with Crippen molar-refractivity contribution >= 4 is 23.3 Å². The van der Waals surface area contributed by atoms with Crippen molar-refractivity contribution in [2.75, 3.05) is 18.5 Å². The second-order valence-corrected chi connectivity index (χ2v) is 6.55. The Bertz CT molecular complexity index is 910. The number of halogens is 3. The topological polar surface area (TPSA) is 81.7 Å². The zero-order valence-electron chi connectivity index (χ0n) is 16.8. The lowest BCUT2D eigenvalue weighted by molar-refractivity contribution is -0.147. The molecule has 0 radical (unpaired) electrons. The van der Waals surface area contributed by atoms with Gasteiger partial charge in [-0.25, -0.2) is 0 Å². The van der Waals surface area contributed by atoms with Gasteiger partial charge in [0.1, 0.15) is 5.75 Å². The molecule has 0 aromatic heterocycles. The van der Waals surface area contributed by atoms with Gasteiger partial charge in [0.2, 0.25) is 0 Å². The van der Waals surface area contributed by atoms with E-state index in [4.69, 9.17) is 9.47 Å². The van der Waals surface area contributed by atoms with Crippen LogP contribution in [0, 0.1) is 0 Å². The molecule has 2 aromatic rings. The van der Waals surface area contributed by atoms with Gasteiger partial charge in [0, 0.05) is 12.0 Å². The number of anilines is 1. The third-order valence-electron chi connectivity index (χ3n) is 4.08. The number of hydrogen-bond donors (Lipinski definition) is 1. The number of carbonyl (C=O) groups excluding carboxylic acids is 3. The number of Topliss-reactive ketones (excluding diaryl/α,β-unsaturated/α-hetero) is 1. The number of carbonyl (C=O) groups is 3. The molecule has 0 heterocycles. The number of amides is 1. The third-order valence-corrected chi connectivity index (χ3v) is 4.08. The van der Waals surface area contributed by atoms with E-state index in [-0.39, 0.29) is 18.6 Å². The molecule has 0 saturated carbocycles. The zero-order valence-corrected chi connectivity index (χ0v) is 16.8. The Morgan fingerprint density at radius 2 is 1.65 bits per heavy atom. The maximum Gasteiger partial charge on any atom is 0.418 e. The second-order valence-electron chi connectivity index (χ2n) is 6.55. The first-order valence-electron chi connectivity index (χ1n) is 9.58. The number of ketones is 1. The Hall–Kier alpha value is -3.36. The van der Waals surface area contributed by atoms with E-state index in [9.17, 15) is 27.6 Å². The molecular formula is C22H22F3NO5. The normalized spacial score (nSPS) is 11.0. The second kappa shape index (κ2) is 11.1. The summed E-state index contributed by atoms with van der Waals surface area (Å²) < 4.78 is 49.0. The van der Waals surface area contributed by atoms with Crippen LogP contribution in [-0.4, -0.2) is 30.9 Å². The van der Waals surface area contributed by atoms with Crippen LogP contribution in [0.3, 0.4) is 0 Å². The highest BCUT2D eigenvalue weighted by Crippen LogP contribution is 2.34. The molecule has 31 heavy (non-hydrogen) atoms. The van der Waals surface area contributed by atoms with E-state index in [2.05, 4.69) is 5.32 Å². The zero-order chi connectivity index (χ0) is 22.9. The molecule has 9 heteroatoms. The maximum absolute atomic E-state index is 12.9. The van der Waals surface area contributed by atoms with Crippen LogP contribution in [0.15, 0.2) is 48.5 Å². The van der Waals surface area contributed by atoms with Gasteiger partial charge in [0.05, 0.1) is 24.3 Å². The fraction of sp³-hybridized carbons (Fsp3) is 0.318. The molecule has 2 aromatic carbocycles. The molecule has 1 amide bonds. The van der Waals surface area contributed by atoms with Crippen molar-refractivity contribution < 1.29 is 37.0 Å². The van der Waals surface area contributed by atoms with Crippen LogP contribution in [0.4, 0.5) is 18.9 Å². The molecule has 0 unspecified atom stereocenters. The molecule has 0 aliphatic rings. The average Bonchev–Trinajstić information content (AvgIpc) is 2.74. The predicted molar refractivity (Wildman–Crippen MR) is 107 cm³/mol. The van der Waals surface area contributed by atoms with Crippen LogP contribution in [0.5, 0.6) is 5.75 Å². The van der Waals surface area contributed by atoms with Crippen LogP contribution in [0.1, 0.15) is 42.1 Å². The Balaban J connectivity index is 1.78. The molecule has 0 saturated heterocycles. The molecule has 0 aliphatic carbocycles. The Labute approximate surface area is 177 Å². The van der Waals surface area contributed by atoms with Crippen LogP contribution >= 0.6 is 0 Å². The number of nitrogens with one attached hydrogen (secondary N) is 1. The van der Waals surface area contributed by atoms with Crippen molar-refractivity contribution in [2.45, 2.75) is 32.4 Å². The van der Waals surface area contributed by atoms with E-state index in [1.165, 1.54) is 12.1 Å². The van der Waals surface area contributed by atoms with Crippen molar-refractivity contribution in [1.29, 1.82) is 0 Å². The molecule has 6 nitrogen and oxygen atoms in total. The molecule has 2 rings (SSSR count). The minimum atomic E-state index is -4.64. The first-order chi connectivity index (χ1) is 14.7. The largest absolute Gasteiger partial charge is 0.494 e. The molecule has 166 valence electrons. The van der Waals surface area contributed by atoms with E-state index in [0.29, 0.717) is 17.9 Å². The first-order valence-corrected chi connectivity index (χ1v) is 9.58. The molecule has 0 atom stereocenters. The average molecular weight is 437 g/mol. The van der Waals surface area contributed by atoms with E-state index in [0.717, 1.165) is 18.6 Å². The van der Waals surface area contributed by atoms with Gasteiger partial charge in [-0.05, 0) is 42.8 Å². The highest BCUT2D eigenvalue weighted by Gasteiger charge is 2.33. The Kier molecular flexibility index (Phi) is 8.60. The molecule has 1 N–H and O–H groups in total. The monoisotopic (exact) mass is 437 g/mol. The number of esters is 1. The Morgan fingerprint density at radius 3 is 2.29 bits per heavy atom. The Morgan fingerprint density at radius 1 is 0.968 bits per heavy atom. The fourth-order valence-corrected chi connectivity index (χ4v) is 2.56. The van der Waals surface area contributed by atoms with Gasteiger partial charge in [0.15, 0.2) is 12.4 Å². The number of rotatable bonds is 10. The number of benzene rings is 2. The smallest absolute Gasteiger partial charge is 0.418 e. The summed E-state index contributed by atoms with van der Waals surface area (Å²) in [6.45, 7) is 1.78. The number of para-hydroxylation sites is 1. The summed E-state index contributed by atoms with van der Waals surface area (Å²) in [6, 6.07) is 10.9. The quantitative estimate of drug-likeness (QED) is 0.433. The molecule has 0 bridgehead atoms. The first kappa shape index (κ1) is 23.9. The van der Waals surface area contributed by atoms with Gasteiger partial charge in [-0.3, -0.25) is 14.4 Å². The van der Waals surface area contributed by atoms with E-state index in [1.807, 2.05) is 6.92 Å². The van der Waals surface area contributed by atoms with Crippen LogP contribution < -0.4 is 10.1 Å². The van der Waals surface area contributed by atoms with E-state index >= 15 is 0 Å². The summed E-state index contributed by atoms with van der Waals surface area (Å²) in [5.74, 6) is -1.38. The summed E-state index contributed by atoms with van der Waals surface area (Å²) in [5, 5.41) is 2.07. The molecule has 0 spiro atoms. The highest BCUT2D eigenvalue weighted by atomic mass is 19.4. The summed E-state index contributed by atoms with van der Waals surface area (Å²) in [4.78, 5) is 35.8. The van der Waals surface area contributed by atoms with Gasteiger partial charge < -0.3 is 14.8 Å². The lowest BCUT2D eigenvalue weighted by atomic mass is 10.1. The van der Waals surface area contributed by atoms with Gasteiger partial charge >= 0.3 is 12.1 Å². The van der Waals surface area contributed by atoms with Crippen LogP contribution in [0.25, 0.3) is 0 Å². The predicted octanol–water partition coefficient (Wildman–Crippen LogP) is 4.64. The van der Waals surface area contributed by atoms with Crippen molar-refractivity contribution in [3.05, 3.63) is 59.7 Å². The highest BCUT2D eigenvalue weighted by molar-refractivity contribution is 5.98. The number of alkyl halides is 3. The fourth-order valence-electron chi connectivity index (χ4n) is 2.56. The molecule has 0 aliphatic heterocycles. The number of ether oxygens (including phenoxy) is 2. The van der Waals surface area contributed by atoms with Crippen LogP contribution in [-0.2, 0) is 20.5 Å². The lowest BCUT2D eigenvalue weighted by Gasteiger charge is -2.13. The summed E-state index contributed by atoms with van der Waals surface area (Å²) >= 11 is 0. The summed E-state index contributed by atoms with van der Waals surface area (Å²) in [6.07, 6.45) is -4.18. The number of hydrogen-bond acceptors (Lipinski definition) is 5. The van der Waals surface area contributed by atoms with Gasteiger partial charge in [0.25, 0.3) is 5.91 Å². The van der Waals surface area contributed by atoms with Gasteiger partial charge in [-0.15, -0.1) is 0 Å². The van der Waals surface area contributed by atoms with Crippen LogP contribution in [0.2, 0.25) is 0 Å². The minimum absolute atomic E-state index is 0.132. The molecular weight excluding hydrogens is 415 g/mol. The van der Waals surface area contributed by atoms with Crippen molar-refractivity contribution in [1.82, 2.24) is 0 Å². The maximum atomic E-state index is 12.9. The van der Waals surface area contributed by atoms with Crippen molar-refractivity contribution in [3.8, 4) is 5.75 Å². The van der Waals surface area contributed by atoms with Crippen molar-refractivity contribution in [2.24, 2.45) is 0 Å². The lowest BCUT2D eigenvalue weighted by Crippen LogP contribution is -2.23. The standard InChI is InChI=1S/C22H22F3NO5/c1-2-13-30-16-9-7-15(8-10-16)19(27)11-12-21(29)31-14-20(28)26-18-6-4-3-5-17(18)22(23,24)25/h3-10H,2,11-14H2,1H3,(H,26,28). The summed E-state index contributed by atoms with van der Waals surface area (Å²) in [7, 11) is 0. The molecule has 0 fully saturated rings. The van der Waals surface area contributed by atoms with E-state index < -0.39 is 35.9 Å². The third kappa shape index (κ3) is 7.76. The SMILES string of the molecule is CCCOc1ccc(C(=O)CCC(=O)OCC(=O)Nc2ccccc2C(F)(F)F)cc1. The van der Waals surface area contributed by atoms with Crippen molar-refractivity contribution in [3.63, 3.8) is 0 Å². The summed E-state index contributed by atoms with van der Waals surface area (Å²) in [5.41, 5.74) is -1.04. The van der Waals surface area contributed by atoms with E-state index in [1.54, 1.807) is 24.3 Å². The van der Waals surface area contributed by atoms with Gasteiger partial charge in [-0.2, -0.15) is 13.2 Å². The van der Waals surface area contributed by atoms with Gasteiger partial charge in [-0.1, -0.05) is 19.1 Å². The minimum Gasteiger partial charge on any atom is -0.494 e.